The fraction of sp³-hybridized carbons (Fsp3) is 0.667. The first kappa shape index (κ1) is 14.6. The lowest BCUT2D eigenvalue weighted by molar-refractivity contribution is 0.0801. The van der Waals surface area contributed by atoms with Gasteiger partial charge in [-0.25, -0.2) is 0 Å². The molecule has 1 nitrogen and oxygen atoms in total. The average Bonchev–Trinajstić information content (AvgIpc) is 2.49. The molecule has 0 amide bonds. The Kier molecular flexibility index (Phi) is 6.43. The van der Waals surface area contributed by atoms with Crippen molar-refractivity contribution < 1.29 is 4.74 Å². The number of methoxy groups -OCH3 is 1. The number of rotatable bonds is 7. The molecule has 1 saturated carbocycles. The second kappa shape index (κ2) is 8.37. The zero-order chi connectivity index (χ0) is 13.3. The summed E-state index contributed by atoms with van der Waals surface area (Å²) in [5.41, 5.74) is 1.43. The highest BCUT2D eigenvalue weighted by Crippen LogP contribution is 2.28. The first-order valence-electron chi connectivity index (χ1n) is 7.95. The van der Waals surface area contributed by atoms with Gasteiger partial charge in [0.1, 0.15) is 0 Å². The van der Waals surface area contributed by atoms with E-state index in [9.17, 15) is 0 Å². The maximum absolute atomic E-state index is 5.66. The van der Waals surface area contributed by atoms with Gasteiger partial charge in [0.2, 0.25) is 0 Å². The standard InChI is InChI=1S/C18H28O/c1-19-18(14-12-16-8-4-2-5-9-16)15-13-17-10-6-3-7-11-17/h2,4-5,8-9,17-18H,3,6-7,10-15H2,1H3. The Hall–Kier alpha value is -0.820. The molecule has 1 aliphatic rings. The summed E-state index contributed by atoms with van der Waals surface area (Å²) in [7, 11) is 1.87. The van der Waals surface area contributed by atoms with E-state index in [1.54, 1.807) is 0 Å². The number of ether oxygens (including phenoxy) is 1. The molecule has 0 N–H and O–H groups in total. The van der Waals surface area contributed by atoms with Crippen LogP contribution in [0.15, 0.2) is 30.3 Å². The minimum atomic E-state index is 0.446. The summed E-state index contributed by atoms with van der Waals surface area (Å²) in [6.45, 7) is 0. The lowest BCUT2D eigenvalue weighted by Gasteiger charge is -2.23. The Morgan fingerprint density at radius 2 is 1.79 bits per heavy atom. The lowest BCUT2D eigenvalue weighted by atomic mass is 9.85. The van der Waals surface area contributed by atoms with Gasteiger partial charge in [0.05, 0.1) is 6.10 Å². The monoisotopic (exact) mass is 260 g/mol. The molecule has 0 saturated heterocycles. The second-order valence-electron chi connectivity index (χ2n) is 5.96. The SMILES string of the molecule is COC(CCc1ccccc1)CCC1CCCCC1. The second-order valence-corrected chi connectivity index (χ2v) is 5.96. The average molecular weight is 260 g/mol. The van der Waals surface area contributed by atoms with Gasteiger partial charge in [-0.2, -0.15) is 0 Å². The summed E-state index contributed by atoms with van der Waals surface area (Å²) in [5, 5.41) is 0. The maximum atomic E-state index is 5.66. The van der Waals surface area contributed by atoms with Crippen molar-refractivity contribution in [1.29, 1.82) is 0 Å². The summed E-state index contributed by atoms with van der Waals surface area (Å²) in [6, 6.07) is 10.8. The van der Waals surface area contributed by atoms with E-state index in [1.165, 1.54) is 50.5 Å². The molecular formula is C18H28O. The van der Waals surface area contributed by atoms with Crippen LogP contribution in [0.25, 0.3) is 0 Å². The van der Waals surface area contributed by atoms with Gasteiger partial charge in [-0.15, -0.1) is 0 Å². The van der Waals surface area contributed by atoms with Crippen LogP contribution < -0.4 is 0 Å². The molecule has 1 heteroatoms. The van der Waals surface area contributed by atoms with E-state index >= 15 is 0 Å². The minimum absolute atomic E-state index is 0.446. The summed E-state index contributed by atoms with van der Waals surface area (Å²) >= 11 is 0. The van der Waals surface area contributed by atoms with Crippen LogP contribution in [0.3, 0.4) is 0 Å². The van der Waals surface area contributed by atoms with E-state index in [1.807, 2.05) is 7.11 Å². The highest BCUT2D eigenvalue weighted by atomic mass is 16.5. The molecule has 0 radical (unpaired) electrons. The van der Waals surface area contributed by atoms with Crippen molar-refractivity contribution in [3.8, 4) is 0 Å². The molecule has 0 aromatic heterocycles. The zero-order valence-electron chi connectivity index (χ0n) is 12.3. The molecular weight excluding hydrogens is 232 g/mol. The first-order chi connectivity index (χ1) is 9.38. The third-order valence-electron chi connectivity index (χ3n) is 4.55. The largest absolute Gasteiger partial charge is 0.381 e. The van der Waals surface area contributed by atoms with Crippen molar-refractivity contribution in [2.45, 2.75) is 63.9 Å². The van der Waals surface area contributed by atoms with Gasteiger partial charge in [0, 0.05) is 7.11 Å². The van der Waals surface area contributed by atoms with Gasteiger partial charge < -0.3 is 4.74 Å². The molecule has 1 aliphatic carbocycles. The quantitative estimate of drug-likeness (QED) is 0.670. The predicted octanol–water partition coefficient (Wildman–Crippen LogP) is 4.99. The van der Waals surface area contributed by atoms with Crippen LogP contribution in [0.4, 0.5) is 0 Å². The topological polar surface area (TPSA) is 9.23 Å². The van der Waals surface area contributed by atoms with Crippen LogP contribution in [0.2, 0.25) is 0 Å². The van der Waals surface area contributed by atoms with Crippen LogP contribution >= 0.6 is 0 Å². The van der Waals surface area contributed by atoms with Gasteiger partial charge in [-0.3, -0.25) is 0 Å². The van der Waals surface area contributed by atoms with Crippen LogP contribution in [-0.4, -0.2) is 13.2 Å². The van der Waals surface area contributed by atoms with E-state index in [4.69, 9.17) is 4.74 Å². The Morgan fingerprint density at radius 1 is 1.05 bits per heavy atom. The Labute approximate surface area is 118 Å². The van der Waals surface area contributed by atoms with E-state index in [2.05, 4.69) is 30.3 Å². The molecule has 1 fully saturated rings. The van der Waals surface area contributed by atoms with Crippen molar-refractivity contribution in [1.82, 2.24) is 0 Å². The van der Waals surface area contributed by atoms with Crippen LogP contribution in [-0.2, 0) is 11.2 Å². The Balaban J connectivity index is 1.67. The van der Waals surface area contributed by atoms with E-state index < -0.39 is 0 Å². The summed E-state index contributed by atoms with van der Waals surface area (Å²) < 4.78 is 5.66. The molecule has 1 aromatic carbocycles. The normalized spacial score (nSPS) is 18.4. The third-order valence-corrected chi connectivity index (χ3v) is 4.55. The molecule has 1 atom stereocenters. The Morgan fingerprint density at radius 3 is 2.47 bits per heavy atom. The molecule has 106 valence electrons. The number of hydrogen-bond acceptors (Lipinski definition) is 1. The molecule has 0 spiro atoms. The van der Waals surface area contributed by atoms with Crippen molar-refractivity contribution >= 4 is 0 Å². The molecule has 1 unspecified atom stereocenters. The van der Waals surface area contributed by atoms with Crippen LogP contribution in [0.5, 0.6) is 0 Å². The molecule has 0 aliphatic heterocycles. The fourth-order valence-electron chi connectivity index (χ4n) is 3.25. The molecule has 19 heavy (non-hydrogen) atoms. The first-order valence-corrected chi connectivity index (χ1v) is 7.95. The number of hydrogen-bond donors (Lipinski definition) is 0. The molecule has 2 rings (SSSR count). The van der Waals surface area contributed by atoms with E-state index in [0.717, 1.165) is 18.8 Å². The molecule has 0 bridgehead atoms. The summed E-state index contributed by atoms with van der Waals surface area (Å²) in [5.74, 6) is 0.975. The predicted molar refractivity (Wildman–Crippen MR) is 81.4 cm³/mol. The zero-order valence-corrected chi connectivity index (χ0v) is 12.3. The number of benzene rings is 1. The van der Waals surface area contributed by atoms with Crippen molar-refractivity contribution in [2.75, 3.05) is 7.11 Å². The van der Waals surface area contributed by atoms with Crippen molar-refractivity contribution in [3.05, 3.63) is 35.9 Å². The smallest absolute Gasteiger partial charge is 0.0574 e. The third kappa shape index (κ3) is 5.36. The lowest BCUT2D eigenvalue weighted by Crippen LogP contribution is -2.15. The van der Waals surface area contributed by atoms with Crippen LogP contribution in [0.1, 0.15) is 56.9 Å². The summed E-state index contributed by atoms with van der Waals surface area (Å²) in [6.07, 6.45) is 12.6. The highest BCUT2D eigenvalue weighted by molar-refractivity contribution is 5.14. The van der Waals surface area contributed by atoms with Crippen molar-refractivity contribution in [3.63, 3.8) is 0 Å². The van der Waals surface area contributed by atoms with Crippen molar-refractivity contribution in [2.24, 2.45) is 5.92 Å². The Bertz CT molecular complexity index is 327. The minimum Gasteiger partial charge on any atom is -0.381 e. The van der Waals surface area contributed by atoms with Gasteiger partial charge >= 0.3 is 0 Å². The molecule has 0 heterocycles. The van der Waals surface area contributed by atoms with E-state index in [-0.39, 0.29) is 0 Å². The van der Waals surface area contributed by atoms with Gasteiger partial charge in [0.15, 0.2) is 0 Å². The number of aryl methyl sites for hydroxylation is 1. The van der Waals surface area contributed by atoms with Gasteiger partial charge in [0.25, 0.3) is 0 Å². The van der Waals surface area contributed by atoms with E-state index in [0.29, 0.717) is 6.10 Å². The van der Waals surface area contributed by atoms with Crippen LogP contribution in [0, 0.1) is 5.92 Å². The summed E-state index contributed by atoms with van der Waals surface area (Å²) in [4.78, 5) is 0. The maximum Gasteiger partial charge on any atom is 0.0574 e. The highest BCUT2D eigenvalue weighted by Gasteiger charge is 2.16. The molecule has 1 aromatic rings. The fourth-order valence-corrected chi connectivity index (χ4v) is 3.25. The van der Waals surface area contributed by atoms with Gasteiger partial charge in [-0.1, -0.05) is 62.4 Å². The van der Waals surface area contributed by atoms with Gasteiger partial charge in [-0.05, 0) is 37.2 Å².